The van der Waals surface area contributed by atoms with E-state index in [1.54, 1.807) is 12.1 Å². The summed E-state index contributed by atoms with van der Waals surface area (Å²) in [6.07, 6.45) is 0. The van der Waals surface area contributed by atoms with Crippen LogP contribution in [0.4, 0.5) is 5.69 Å². The summed E-state index contributed by atoms with van der Waals surface area (Å²) in [6, 6.07) is 11.3. The zero-order valence-electron chi connectivity index (χ0n) is 11.8. The quantitative estimate of drug-likeness (QED) is 0.695. The van der Waals surface area contributed by atoms with Crippen LogP contribution in [-0.2, 0) is 0 Å². The number of benzene rings is 2. The minimum absolute atomic E-state index is 0.0526. The van der Waals surface area contributed by atoms with Crippen LogP contribution in [0.3, 0.4) is 0 Å². The molecule has 0 saturated heterocycles. The van der Waals surface area contributed by atoms with Crippen molar-refractivity contribution >= 4 is 40.5 Å². The Kier molecular flexibility index (Phi) is 5.63. The standard InChI is InChI=1S/C16H16Cl3NO/c1-3-21-13-6-4-11(5-7-13)10(2)20-16-14(18)8-12(17)9-15(16)19/h4-10,20H,3H2,1-2H3. The van der Waals surface area contributed by atoms with E-state index in [0.29, 0.717) is 27.4 Å². The molecule has 112 valence electrons. The Balaban J connectivity index is 2.16. The summed E-state index contributed by atoms with van der Waals surface area (Å²) in [7, 11) is 0. The predicted octanol–water partition coefficient (Wildman–Crippen LogP) is 6.22. The third-order valence-electron chi connectivity index (χ3n) is 3.06. The molecule has 2 aromatic carbocycles. The summed E-state index contributed by atoms with van der Waals surface area (Å²) in [6.45, 7) is 4.66. The third kappa shape index (κ3) is 4.19. The summed E-state index contributed by atoms with van der Waals surface area (Å²) >= 11 is 18.3. The SMILES string of the molecule is CCOc1ccc(C(C)Nc2c(Cl)cc(Cl)cc2Cl)cc1. The molecule has 0 aliphatic heterocycles. The van der Waals surface area contributed by atoms with E-state index in [1.165, 1.54) is 0 Å². The average molecular weight is 345 g/mol. The second kappa shape index (κ2) is 7.26. The highest BCUT2D eigenvalue weighted by atomic mass is 35.5. The summed E-state index contributed by atoms with van der Waals surface area (Å²) in [5.74, 6) is 0.857. The molecular weight excluding hydrogens is 329 g/mol. The highest BCUT2D eigenvalue weighted by molar-refractivity contribution is 6.41. The van der Waals surface area contributed by atoms with Gasteiger partial charge in [-0.1, -0.05) is 46.9 Å². The number of anilines is 1. The molecule has 21 heavy (non-hydrogen) atoms. The molecule has 0 aromatic heterocycles. The molecule has 0 amide bonds. The number of rotatable bonds is 5. The fraction of sp³-hybridized carbons (Fsp3) is 0.250. The van der Waals surface area contributed by atoms with Gasteiger partial charge in [-0.05, 0) is 43.7 Å². The van der Waals surface area contributed by atoms with Crippen molar-refractivity contribution in [3.63, 3.8) is 0 Å². The first-order chi connectivity index (χ1) is 10.0. The molecule has 0 saturated carbocycles. The van der Waals surface area contributed by atoms with Crippen molar-refractivity contribution in [2.75, 3.05) is 11.9 Å². The summed E-state index contributed by atoms with van der Waals surface area (Å²) < 4.78 is 5.43. The molecule has 5 heteroatoms. The second-order valence-electron chi connectivity index (χ2n) is 4.61. The Morgan fingerprint density at radius 2 is 1.62 bits per heavy atom. The van der Waals surface area contributed by atoms with Crippen molar-refractivity contribution < 1.29 is 4.74 Å². The van der Waals surface area contributed by atoms with Gasteiger partial charge in [-0.25, -0.2) is 0 Å². The van der Waals surface area contributed by atoms with Crippen molar-refractivity contribution in [3.8, 4) is 5.75 Å². The minimum atomic E-state index is 0.0526. The van der Waals surface area contributed by atoms with E-state index in [4.69, 9.17) is 39.5 Å². The molecule has 1 N–H and O–H groups in total. The van der Waals surface area contributed by atoms with Gasteiger partial charge in [-0.15, -0.1) is 0 Å². The normalized spacial score (nSPS) is 12.0. The van der Waals surface area contributed by atoms with Crippen molar-refractivity contribution in [2.45, 2.75) is 19.9 Å². The minimum Gasteiger partial charge on any atom is -0.494 e. The third-order valence-corrected chi connectivity index (χ3v) is 3.87. The lowest BCUT2D eigenvalue weighted by Gasteiger charge is -2.18. The van der Waals surface area contributed by atoms with Gasteiger partial charge >= 0.3 is 0 Å². The zero-order valence-corrected chi connectivity index (χ0v) is 14.1. The van der Waals surface area contributed by atoms with Gasteiger partial charge in [0.25, 0.3) is 0 Å². The Morgan fingerprint density at radius 3 is 2.14 bits per heavy atom. The maximum absolute atomic E-state index is 6.18. The molecule has 0 aliphatic rings. The lowest BCUT2D eigenvalue weighted by Crippen LogP contribution is -2.07. The lowest BCUT2D eigenvalue weighted by atomic mass is 10.1. The van der Waals surface area contributed by atoms with Crippen LogP contribution < -0.4 is 10.1 Å². The smallest absolute Gasteiger partial charge is 0.119 e. The van der Waals surface area contributed by atoms with E-state index in [0.717, 1.165) is 11.3 Å². The number of hydrogen-bond donors (Lipinski definition) is 1. The van der Waals surface area contributed by atoms with Gasteiger partial charge in [0.2, 0.25) is 0 Å². The van der Waals surface area contributed by atoms with Gasteiger partial charge in [-0.3, -0.25) is 0 Å². The summed E-state index contributed by atoms with van der Waals surface area (Å²) in [4.78, 5) is 0. The first kappa shape index (κ1) is 16.3. The van der Waals surface area contributed by atoms with Crippen LogP contribution in [0.25, 0.3) is 0 Å². The Bertz CT molecular complexity index is 590. The van der Waals surface area contributed by atoms with Crippen molar-refractivity contribution in [3.05, 3.63) is 57.0 Å². The molecule has 0 fully saturated rings. The molecular formula is C16H16Cl3NO. The number of ether oxygens (including phenoxy) is 1. The molecule has 2 aromatic rings. The Labute approximate surface area is 140 Å². The molecule has 0 bridgehead atoms. The Hall–Kier alpha value is -1.09. The van der Waals surface area contributed by atoms with Gasteiger partial charge in [0.05, 0.1) is 22.3 Å². The van der Waals surface area contributed by atoms with Gasteiger partial charge in [-0.2, -0.15) is 0 Å². The van der Waals surface area contributed by atoms with Gasteiger partial charge < -0.3 is 10.1 Å². The predicted molar refractivity (Wildman–Crippen MR) is 91.1 cm³/mol. The van der Waals surface area contributed by atoms with Crippen molar-refractivity contribution in [1.29, 1.82) is 0 Å². The maximum Gasteiger partial charge on any atom is 0.119 e. The molecule has 2 nitrogen and oxygen atoms in total. The average Bonchev–Trinajstić information content (AvgIpc) is 2.43. The van der Waals surface area contributed by atoms with Crippen molar-refractivity contribution in [1.82, 2.24) is 0 Å². The zero-order chi connectivity index (χ0) is 15.4. The van der Waals surface area contributed by atoms with Crippen LogP contribution >= 0.6 is 34.8 Å². The lowest BCUT2D eigenvalue weighted by molar-refractivity contribution is 0.340. The summed E-state index contributed by atoms with van der Waals surface area (Å²) in [5.41, 5.74) is 1.80. The molecule has 0 aliphatic carbocycles. The topological polar surface area (TPSA) is 21.3 Å². The molecule has 2 rings (SSSR count). The maximum atomic E-state index is 6.18. The van der Waals surface area contributed by atoms with Crippen molar-refractivity contribution in [2.24, 2.45) is 0 Å². The highest BCUT2D eigenvalue weighted by Crippen LogP contribution is 2.36. The first-order valence-corrected chi connectivity index (χ1v) is 7.78. The van der Waals surface area contributed by atoms with Crippen LogP contribution in [0.5, 0.6) is 5.75 Å². The molecule has 0 spiro atoms. The van der Waals surface area contributed by atoms with E-state index in [-0.39, 0.29) is 6.04 Å². The van der Waals surface area contributed by atoms with E-state index < -0.39 is 0 Å². The highest BCUT2D eigenvalue weighted by Gasteiger charge is 2.12. The second-order valence-corrected chi connectivity index (χ2v) is 5.86. The van der Waals surface area contributed by atoms with Crippen LogP contribution in [0.1, 0.15) is 25.5 Å². The first-order valence-electron chi connectivity index (χ1n) is 6.65. The van der Waals surface area contributed by atoms with Gasteiger partial charge in [0, 0.05) is 11.1 Å². The number of hydrogen-bond acceptors (Lipinski definition) is 2. The molecule has 0 radical (unpaired) electrons. The largest absolute Gasteiger partial charge is 0.494 e. The summed E-state index contributed by atoms with van der Waals surface area (Å²) in [5, 5.41) is 4.84. The monoisotopic (exact) mass is 343 g/mol. The van der Waals surface area contributed by atoms with E-state index >= 15 is 0 Å². The van der Waals surface area contributed by atoms with Crippen LogP contribution in [0.15, 0.2) is 36.4 Å². The van der Waals surface area contributed by atoms with Gasteiger partial charge in [0.15, 0.2) is 0 Å². The number of halogens is 3. The fourth-order valence-corrected chi connectivity index (χ4v) is 2.93. The van der Waals surface area contributed by atoms with Crippen LogP contribution in [0, 0.1) is 0 Å². The molecule has 1 unspecified atom stereocenters. The Morgan fingerprint density at radius 1 is 1.05 bits per heavy atom. The fourth-order valence-electron chi connectivity index (χ4n) is 2.00. The van der Waals surface area contributed by atoms with E-state index in [9.17, 15) is 0 Å². The van der Waals surface area contributed by atoms with Crippen LogP contribution in [-0.4, -0.2) is 6.61 Å². The molecule has 1 atom stereocenters. The van der Waals surface area contributed by atoms with Gasteiger partial charge in [0.1, 0.15) is 5.75 Å². The van der Waals surface area contributed by atoms with E-state index in [2.05, 4.69) is 5.32 Å². The molecule has 0 heterocycles. The number of nitrogens with one attached hydrogen (secondary N) is 1. The van der Waals surface area contributed by atoms with Crippen LogP contribution in [0.2, 0.25) is 15.1 Å². The van der Waals surface area contributed by atoms with E-state index in [1.807, 2.05) is 38.1 Å².